The van der Waals surface area contributed by atoms with Crippen molar-refractivity contribution in [2.45, 2.75) is 11.7 Å². The second-order valence-corrected chi connectivity index (χ2v) is 7.71. The fraction of sp³-hybridized carbons (Fsp3) is 0.0870. The molecule has 32 heavy (non-hydrogen) atoms. The maximum Gasteiger partial charge on any atom is 0.269 e. The number of nitrogens with one attached hydrogen (secondary N) is 2. The van der Waals surface area contributed by atoms with Crippen LogP contribution in [0.3, 0.4) is 0 Å². The number of thioether (sulfide) groups is 1. The number of carbonyl (C=O) groups excluding carboxylic acids is 2. The van der Waals surface area contributed by atoms with E-state index in [2.05, 4.69) is 26.0 Å². The summed E-state index contributed by atoms with van der Waals surface area (Å²) in [6, 6.07) is 22.4. The maximum absolute atomic E-state index is 12.3. The van der Waals surface area contributed by atoms with Crippen molar-refractivity contribution in [3.05, 3.63) is 96.3 Å². The van der Waals surface area contributed by atoms with Crippen LogP contribution >= 0.6 is 11.8 Å². The van der Waals surface area contributed by atoms with Crippen LogP contribution in [-0.2, 0) is 11.3 Å². The molecule has 160 valence electrons. The van der Waals surface area contributed by atoms with Crippen LogP contribution in [0.25, 0.3) is 11.4 Å². The minimum Gasteiger partial charge on any atom is -0.298 e. The summed E-state index contributed by atoms with van der Waals surface area (Å²) in [7, 11) is 0. The second-order valence-electron chi connectivity index (χ2n) is 6.77. The topological polar surface area (TPSA) is 102 Å². The maximum atomic E-state index is 12.3. The van der Waals surface area contributed by atoms with E-state index in [0.29, 0.717) is 23.1 Å². The number of rotatable bonds is 7. The molecule has 2 heterocycles. The lowest BCUT2D eigenvalue weighted by molar-refractivity contribution is -0.119. The third-order valence-corrected chi connectivity index (χ3v) is 5.49. The van der Waals surface area contributed by atoms with Crippen molar-refractivity contribution in [2.75, 3.05) is 5.75 Å². The molecule has 0 saturated heterocycles. The van der Waals surface area contributed by atoms with Gasteiger partial charge in [-0.3, -0.25) is 30.0 Å². The predicted octanol–water partition coefficient (Wildman–Crippen LogP) is 2.94. The summed E-state index contributed by atoms with van der Waals surface area (Å²) in [5, 5.41) is 9.23. The third-order valence-electron chi connectivity index (χ3n) is 4.52. The molecule has 0 atom stereocenters. The highest BCUT2D eigenvalue weighted by Crippen LogP contribution is 2.24. The van der Waals surface area contributed by atoms with Crippen LogP contribution in [0.4, 0.5) is 0 Å². The summed E-state index contributed by atoms with van der Waals surface area (Å²) >= 11 is 1.25. The fourth-order valence-corrected chi connectivity index (χ4v) is 3.71. The Balaban J connectivity index is 1.44. The predicted molar refractivity (Wildman–Crippen MR) is 122 cm³/mol. The van der Waals surface area contributed by atoms with Crippen molar-refractivity contribution >= 4 is 23.6 Å². The van der Waals surface area contributed by atoms with Gasteiger partial charge < -0.3 is 0 Å². The molecule has 4 rings (SSSR count). The van der Waals surface area contributed by atoms with Crippen LogP contribution in [0.5, 0.6) is 0 Å². The van der Waals surface area contributed by atoms with Crippen molar-refractivity contribution in [3.8, 4) is 11.4 Å². The zero-order valence-electron chi connectivity index (χ0n) is 17.0. The van der Waals surface area contributed by atoms with Crippen LogP contribution in [0, 0.1) is 0 Å². The number of hydrazine groups is 1. The number of hydrogen-bond acceptors (Lipinski definition) is 6. The first-order chi connectivity index (χ1) is 15.7. The molecule has 0 spiro atoms. The van der Waals surface area contributed by atoms with E-state index in [1.54, 1.807) is 36.7 Å². The van der Waals surface area contributed by atoms with E-state index in [0.717, 1.165) is 11.1 Å². The quantitative estimate of drug-likeness (QED) is 0.336. The van der Waals surface area contributed by atoms with Gasteiger partial charge in [0, 0.05) is 23.5 Å². The van der Waals surface area contributed by atoms with E-state index in [-0.39, 0.29) is 17.6 Å². The van der Waals surface area contributed by atoms with Crippen molar-refractivity contribution in [3.63, 3.8) is 0 Å². The molecular formula is C23H20N6O2S. The number of benzene rings is 2. The first-order valence-corrected chi connectivity index (χ1v) is 10.8. The smallest absolute Gasteiger partial charge is 0.269 e. The standard InChI is InChI=1S/C23H20N6O2S/c30-20(25-27-22(31)19-9-5-2-6-10-19)16-32-23-28-26-21(18-11-13-24-14-12-18)29(23)15-17-7-3-1-4-8-17/h1-14H,15-16H2,(H,25,30)(H,27,31). The van der Waals surface area contributed by atoms with E-state index >= 15 is 0 Å². The largest absolute Gasteiger partial charge is 0.298 e. The number of hydrogen-bond donors (Lipinski definition) is 2. The SMILES string of the molecule is O=C(CSc1nnc(-c2ccncc2)n1Cc1ccccc1)NNC(=O)c1ccccc1. The molecule has 0 radical (unpaired) electrons. The minimum atomic E-state index is -0.379. The van der Waals surface area contributed by atoms with Crippen molar-refractivity contribution in [1.82, 2.24) is 30.6 Å². The molecule has 0 fully saturated rings. The van der Waals surface area contributed by atoms with Gasteiger partial charge in [0.25, 0.3) is 5.91 Å². The van der Waals surface area contributed by atoms with E-state index in [1.807, 2.05) is 53.1 Å². The number of carbonyl (C=O) groups is 2. The van der Waals surface area contributed by atoms with Gasteiger partial charge >= 0.3 is 0 Å². The molecule has 0 saturated carbocycles. The van der Waals surface area contributed by atoms with E-state index in [1.165, 1.54) is 11.8 Å². The molecule has 2 aromatic carbocycles. The first kappa shape index (κ1) is 21.3. The molecule has 2 N–H and O–H groups in total. The van der Waals surface area contributed by atoms with Crippen LogP contribution in [0.1, 0.15) is 15.9 Å². The normalized spacial score (nSPS) is 10.5. The first-order valence-electron chi connectivity index (χ1n) is 9.85. The summed E-state index contributed by atoms with van der Waals surface area (Å²) in [4.78, 5) is 28.4. The summed E-state index contributed by atoms with van der Waals surface area (Å²) in [6.45, 7) is 0.556. The zero-order chi connectivity index (χ0) is 22.2. The summed E-state index contributed by atoms with van der Waals surface area (Å²) in [5.74, 6) is 0.0323. The molecule has 0 aliphatic rings. The Morgan fingerprint density at radius 3 is 2.25 bits per heavy atom. The van der Waals surface area contributed by atoms with Gasteiger partial charge in [-0.05, 0) is 29.8 Å². The van der Waals surface area contributed by atoms with Crippen LogP contribution in [0.15, 0.2) is 90.3 Å². The molecule has 0 aliphatic carbocycles. The summed E-state index contributed by atoms with van der Waals surface area (Å²) < 4.78 is 1.96. The van der Waals surface area contributed by atoms with Crippen molar-refractivity contribution < 1.29 is 9.59 Å². The van der Waals surface area contributed by atoms with Crippen LogP contribution < -0.4 is 10.9 Å². The van der Waals surface area contributed by atoms with Gasteiger partial charge in [-0.25, -0.2) is 0 Å². The van der Waals surface area contributed by atoms with Crippen LogP contribution in [0.2, 0.25) is 0 Å². The van der Waals surface area contributed by atoms with Crippen molar-refractivity contribution in [1.29, 1.82) is 0 Å². The highest BCUT2D eigenvalue weighted by Gasteiger charge is 2.16. The van der Waals surface area contributed by atoms with E-state index in [9.17, 15) is 9.59 Å². The Labute approximate surface area is 189 Å². The molecule has 0 unspecified atom stereocenters. The molecule has 8 nitrogen and oxygen atoms in total. The lowest BCUT2D eigenvalue weighted by Crippen LogP contribution is -2.42. The molecule has 2 amide bonds. The summed E-state index contributed by atoms with van der Waals surface area (Å²) in [5.41, 5.74) is 7.29. The highest BCUT2D eigenvalue weighted by atomic mass is 32.2. The van der Waals surface area contributed by atoms with Gasteiger partial charge in [0.15, 0.2) is 11.0 Å². The lowest BCUT2D eigenvalue weighted by atomic mass is 10.2. The fourth-order valence-electron chi connectivity index (χ4n) is 2.97. The Bertz CT molecular complexity index is 1180. The molecule has 0 aliphatic heterocycles. The minimum absolute atomic E-state index is 0.0678. The Hall–Kier alpha value is -3.98. The molecule has 4 aromatic rings. The number of amides is 2. The monoisotopic (exact) mass is 444 g/mol. The average Bonchev–Trinajstić information content (AvgIpc) is 3.25. The second kappa shape index (κ2) is 10.4. The van der Waals surface area contributed by atoms with Gasteiger partial charge in [0.1, 0.15) is 0 Å². The Morgan fingerprint density at radius 1 is 0.844 bits per heavy atom. The average molecular weight is 445 g/mol. The Morgan fingerprint density at radius 2 is 1.53 bits per heavy atom. The molecule has 2 aromatic heterocycles. The molecule has 9 heteroatoms. The van der Waals surface area contributed by atoms with Crippen LogP contribution in [-0.4, -0.2) is 37.3 Å². The molecule has 0 bridgehead atoms. The molecular weight excluding hydrogens is 424 g/mol. The van der Waals surface area contributed by atoms with Gasteiger partial charge in [0.2, 0.25) is 5.91 Å². The highest BCUT2D eigenvalue weighted by molar-refractivity contribution is 7.99. The lowest BCUT2D eigenvalue weighted by Gasteiger charge is -2.11. The third kappa shape index (κ3) is 5.38. The summed E-state index contributed by atoms with van der Waals surface area (Å²) in [6.07, 6.45) is 3.40. The van der Waals surface area contributed by atoms with E-state index < -0.39 is 0 Å². The van der Waals surface area contributed by atoms with Gasteiger partial charge in [0.05, 0.1) is 12.3 Å². The Kier molecular flexibility index (Phi) is 6.88. The van der Waals surface area contributed by atoms with Gasteiger partial charge in [-0.2, -0.15) is 0 Å². The van der Waals surface area contributed by atoms with Gasteiger partial charge in [-0.1, -0.05) is 60.3 Å². The van der Waals surface area contributed by atoms with Gasteiger partial charge in [-0.15, -0.1) is 10.2 Å². The van der Waals surface area contributed by atoms with E-state index in [4.69, 9.17) is 0 Å². The zero-order valence-corrected chi connectivity index (χ0v) is 17.8. The number of pyridine rings is 1. The number of aromatic nitrogens is 4. The number of nitrogens with zero attached hydrogens (tertiary/aromatic N) is 4. The van der Waals surface area contributed by atoms with Crippen molar-refractivity contribution in [2.24, 2.45) is 0 Å².